The fraction of sp³-hybridized carbons (Fsp3) is 0.364. The van der Waals surface area contributed by atoms with Crippen LogP contribution in [0, 0.1) is 0 Å². The number of rotatable bonds is 1. The van der Waals surface area contributed by atoms with Gasteiger partial charge in [0.1, 0.15) is 0 Å². The summed E-state index contributed by atoms with van der Waals surface area (Å²) < 4.78 is 4.61. The van der Waals surface area contributed by atoms with E-state index in [1.165, 1.54) is 6.92 Å². The number of anilines is 2. The molecule has 0 amide bonds. The van der Waals surface area contributed by atoms with E-state index in [0.717, 1.165) is 0 Å². The summed E-state index contributed by atoms with van der Waals surface area (Å²) in [5.41, 5.74) is 11.9. The van der Waals surface area contributed by atoms with Crippen molar-refractivity contribution in [2.24, 2.45) is 0 Å². The molecule has 5 heteroatoms. The number of nitrogen functional groups attached to an aromatic ring is 2. The summed E-state index contributed by atoms with van der Waals surface area (Å²) in [6.45, 7) is 5.04. The standard InChI is InChI=1S/C6H7ClN2.C5H10O2/c7-6-4(8)2-1-3-5(6)9;1-4(2)7-5(3)6/h1-3H,8-9H2;4H,1-3H3. The number of benzene rings is 1. The van der Waals surface area contributed by atoms with Crippen LogP contribution in [0.3, 0.4) is 0 Å². The summed E-state index contributed by atoms with van der Waals surface area (Å²) in [7, 11) is 0. The molecule has 0 saturated heterocycles. The first-order valence-electron chi connectivity index (χ1n) is 4.81. The summed E-state index contributed by atoms with van der Waals surface area (Å²) in [6.07, 6.45) is 0.0255. The Morgan fingerprint density at radius 1 is 1.31 bits per heavy atom. The van der Waals surface area contributed by atoms with Gasteiger partial charge in [-0.25, -0.2) is 0 Å². The van der Waals surface area contributed by atoms with Crippen molar-refractivity contribution in [3.63, 3.8) is 0 Å². The average Bonchev–Trinajstić information content (AvgIpc) is 2.12. The van der Waals surface area contributed by atoms with Gasteiger partial charge in [0.25, 0.3) is 0 Å². The van der Waals surface area contributed by atoms with Crippen molar-refractivity contribution < 1.29 is 9.53 Å². The molecule has 4 N–H and O–H groups in total. The van der Waals surface area contributed by atoms with Gasteiger partial charge in [0.05, 0.1) is 22.5 Å². The molecule has 1 rings (SSSR count). The van der Waals surface area contributed by atoms with E-state index in [2.05, 4.69) is 4.74 Å². The van der Waals surface area contributed by atoms with Gasteiger partial charge in [-0.05, 0) is 26.0 Å². The second-order valence-electron chi connectivity index (χ2n) is 3.41. The third-order valence-electron chi connectivity index (χ3n) is 1.46. The molecule has 1 aromatic carbocycles. The summed E-state index contributed by atoms with van der Waals surface area (Å²) >= 11 is 5.63. The molecule has 0 radical (unpaired) electrons. The molecule has 0 aliphatic rings. The third-order valence-corrected chi connectivity index (χ3v) is 1.90. The molecular weight excluding hydrogens is 228 g/mol. The molecule has 0 aliphatic carbocycles. The molecule has 0 bridgehead atoms. The predicted octanol–water partition coefficient (Wildman–Crippen LogP) is 2.46. The van der Waals surface area contributed by atoms with Gasteiger partial charge in [-0.3, -0.25) is 4.79 Å². The van der Waals surface area contributed by atoms with Crippen LogP contribution in [0.5, 0.6) is 0 Å². The molecule has 0 fully saturated rings. The quantitative estimate of drug-likeness (QED) is 0.588. The Bertz CT molecular complexity index is 334. The van der Waals surface area contributed by atoms with Gasteiger partial charge in [0, 0.05) is 6.92 Å². The highest BCUT2D eigenvalue weighted by Crippen LogP contribution is 2.24. The highest BCUT2D eigenvalue weighted by molar-refractivity contribution is 6.35. The maximum absolute atomic E-state index is 10.0. The molecule has 90 valence electrons. The Kier molecular flexibility index (Phi) is 6.34. The maximum atomic E-state index is 10.0. The lowest BCUT2D eigenvalue weighted by atomic mass is 10.3. The van der Waals surface area contributed by atoms with Gasteiger partial charge < -0.3 is 16.2 Å². The van der Waals surface area contributed by atoms with Crippen LogP contribution in [0.15, 0.2) is 18.2 Å². The second kappa shape index (κ2) is 6.95. The van der Waals surface area contributed by atoms with Crippen LogP contribution < -0.4 is 11.5 Å². The fourth-order valence-electron chi connectivity index (χ4n) is 0.900. The number of hydrogen-bond acceptors (Lipinski definition) is 4. The van der Waals surface area contributed by atoms with Crippen molar-refractivity contribution >= 4 is 28.9 Å². The van der Waals surface area contributed by atoms with Gasteiger partial charge in [0.2, 0.25) is 0 Å². The lowest BCUT2D eigenvalue weighted by Crippen LogP contribution is -2.06. The number of ether oxygens (including phenoxy) is 1. The highest BCUT2D eigenvalue weighted by Gasteiger charge is 1.96. The van der Waals surface area contributed by atoms with Gasteiger partial charge in [0.15, 0.2) is 0 Å². The van der Waals surface area contributed by atoms with E-state index in [1.807, 2.05) is 13.8 Å². The van der Waals surface area contributed by atoms with E-state index in [4.69, 9.17) is 23.1 Å². The Labute approximate surface area is 101 Å². The zero-order chi connectivity index (χ0) is 12.7. The minimum atomic E-state index is -0.213. The zero-order valence-electron chi connectivity index (χ0n) is 9.66. The minimum absolute atomic E-state index is 0.0255. The lowest BCUT2D eigenvalue weighted by Gasteiger charge is -2.01. The minimum Gasteiger partial charge on any atom is -0.463 e. The van der Waals surface area contributed by atoms with Crippen molar-refractivity contribution in [2.45, 2.75) is 26.9 Å². The second-order valence-corrected chi connectivity index (χ2v) is 3.79. The molecule has 0 atom stereocenters. The molecule has 1 aromatic rings. The van der Waals surface area contributed by atoms with Crippen LogP contribution in [-0.2, 0) is 9.53 Å². The first-order chi connectivity index (χ1) is 7.34. The van der Waals surface area contributed by atoms with Crippen molar-refractivity contribution in [2.75, 3.05) is 11.5 Å². The molecule has 0 heterocycles. The van der Waals surface area contributed by atoms with Crippen molar-refractivity contribution in [3.8, 4) is 0 Å². The van der Waals surface area contributed by atoms with Crippen LogP contribution in [0.2, 0.25) is 5.02 Å². The summed E-state index contributed by atoms with van der Waals surface area (Å²) in [5, 5.41) is 0.442. The molecule has 0 spiro atoms. The molecule has 0 aromatic heterocycles. The Hall–Kier alpha value is -1.42. The van der Waals surface area contributed by atoms with E-state index in [-0.39, 0.29) is 12.1 Å². The Morgan fingerprint density at radius 2 is 1.75 bits per heavy atom. The van der Waals surface area contributed by atoms with E-state index < -0.39 is 0 Å². The van der Waals surface area contributed by atoms with E-state index in [9.17, 15) is 4.79 Å². The smallest absolute Gasteiger partial charge is 0.302 e. The molecule has 16 heavy (non-hydrogen) atoms. The SMILES string of the molecule is CC(=O)OC(C)C.Nc1cccc(N)c1Cl. The zero-order valence-corrected chi connectivity index (χ0v) is 10.4. The lowest BCUT2D eigenvalue weighted by molar-refractivity contribution is -0.144. The number of hydrogen-bond donors (Lipinski definition) is 2. The first kappa shape index (κ1) is 14.6. The number of esters is 1. The van der Waals surface area contributed by atoms with Crippen LogP contribution in [-0.4, -0.2) is 12.1 Å². The summed E-state index contributed by atoms with van der Waals surface area (Å²) in [4.78, 5) is 10.0. The monoisotopic (exact) mass is 244 g/mol. The molecule has 0 aliphatic heterocycles. The van der Waals surface area contributed by atoms with Crippen LogP contribution in [0.1, 0.15) is 20.8 Å². The Balaban J connectivity index is 0.000000293. The average molecular weight is 245 g/mol. The van der Waals surface area contributed by atoms with E-state index in [0.29, 0.717) is 16.4 Å². The summed E-state index contributed by atoms with van der Waals surface area (Å²) in [6, 6.07) is 5.17. The topological polar surface area (TPSA) is 78.3 Å². The van der Waals surface area contributed by atoms with Crippen LogP contribution in [0.4, 0.5) is 11.4 Å². The summed E-state index contributed by atoms with van der Waals surface area (Å²) in [5.74, 6) is -0.213. The van der Waals surface area contributed by atoms with Gasteiger partial charge in [-0.2, -0.15) is 0 Å². The number of carbonyl (C=O) groups excluding carboxylic acids is 1. The van der Waals surface area contributed by atoms with Crippen LogP contribution in [0.25, 0.3) is 0 Å². The highest BCUT2D eigenvalue weighted by atomic mass is 35.5. The molecular formula is C11H17ClN2O2. The third kappa shape index (κ3) is 6.14. The van der Waals surface area contributed by atoms with Crippen molar-refractivity contribution in [3.05, 3.63) is 23.2 Å². The first-order valence-corrected chi connectivity index (χ1v) is 5.19. The molecule has 0 saturated carbocycles. The number of carbonyl (C=O) groups is 1. The van der Waals surface area contributed by atoms with Crippen LogP contribution >= 0.6 is 11.6 Å². The molecule has 4 nitrogen and oxygen atoms in total. The number of halogens is 1. The predicted molar refractivity (Wildman–Crippen MR) is 67.2 cm³/mol. The van der Waals surface area contributed by atoms with Gasteiger partial charge in [-0.1, -0.05) is 17.7 Å². The normalized spacial score (nSPS) is 9.31. The van der Waals surface area contributed by atoms with Crippen molar-refractivity contribution in [1.82, 2.24) is 0 Å². The van der Waals surface area contributed by atoms with E-state index >= 15 is 0 Å². The number of nitrogens with two attached hydrogens (primary N) is 2. The van der Waals surface area contributed by atoms with Gasteiger partial charge >= 0.3 is 5.97 Å². The molecule has 0 unspecified atom stereocenters. The van der Waals surface area contributed by atoms with Gasteiger partial charge in [-0.15, -0.1) is 0 Å². The van der Waals surface area contributed by atoms with Crippen molar-refractivity contribution in [1.29, 1.82) is 0 Å². The van der Waals surface area contributed by atoms with E-state index in [1.54, 1.807) is 18.2 Å². The maximum Gasteiger partial charge on any atom is 0.302 e. The fourth-order valence-corrected chi connectivity index (χ4v) is 1.03. The Morgan fingerprint density at radius 3 is 1.94 bits per heavy atom. The largest absolute Gasteiger partial charge is 0.463 e.